The van der Waals surface area contributed by atoms with Crippen molar-refractivity contribution in [2.75, 3.05) is 18.0 Å². The van der Waals surface area contributed by atoms with Gasteiger partial charge in [-0.2, -0.15) is 0 Å². The van der Waals surface area contributed by atoms with Gasteiger partial charge in [0.25, 0.3) is 0 Å². The van der Waals surface area contributed by atoms with Crippen molar-refractivity contribution in [3.05, 3.63) is 29.0 Å². The van der Waals surface area contributed by atoms with Crippen LogP contribution in [0.2, 0.25) is 5.02 Å². The molecule has 4 nitrogen and oxygen atoms in total. The number of halogens is 2. The first-order chi connectivity index (χ1) is 9.88. The van der Waals surface area contributed by atoms with E-state index >= 15 is 0 Å². The summed E-state index contributed by atoms with van der Waals surface area (Å²) in [6.07, 6.45) is 0.839. The number of carbonyl (C=O) groups is 1. The Kier molecular flexibility index (Phi) is 5.06. The van der Waals surface area contributed by atoms with Gasteiger partial charge in [-0.1, -0.05) is 25.4 Å². The van der Waals surface area contributed by atoms with E-state index in [1.54, 1.807) is 12.1 Å². The number of amides is 1. The van der Waals surface area contributed by atoms with Gasteiger partial charge in [0.1, 0.15) is 5.82 Å². The van der Waals surface area contributed by atoms with Gasteiger partial charge in [-0.3, -0.25) is 4.79 Å². The molecule has 1 aromatic rings. The molecule has 1 amide bonds. The van der Waals surface area contributed by atoms with Crippen LogP contribution in [-0.4, -0.2) is 31.1 Å². The number of rotatable bonds is 4. The minimum atomic E-state index is -0.487. The van der Waals surface area contributed by atoms with Gasteiger partial charge >= 0.3 is 0 Å². The molecule has 0 aliphatic carbocycles. The predicted molar refractivity (Wildman–Crippen MR) is 83.0 cm³/mol. The lowest BCUT2D eigenvalue weighted by atomic mass is 10.0. The summed E-state index contributed by atoms with van der Waals surface area (Å²) in [6.45, 7) is 5.32. The first-order valence-electron chi connectivity index (χ1n) is 7.14. The number of nitrogens with one attached hydrogen (secondary N) is 1. The monoisotopic (exact) mass is 313 g/mol. The average Bonchev–Trinajstić information content (AvgIpc) is 2.89. The molecule has 0 spiro atoms. The van der Waals surface area contributed by atoms with E-state index in [1.807, 2.05) is 13.8 Å². The van der Waals surface area contributed by atoms with E-state index in [4.69, 9.17) is 17.3 Å². The number of carbonyl (C=O) groups excluding carboxylic acids is 1. The molecular formula is C15H21ClFN3O. The number of hydrogen-bond donors (Lipinski definition) is 2. The van der Waals surface area contributed by atoms with Gasteiger partial charge in [-0.15, -0.1) is 0 Å². The van der Waals surface area contributed by atoms with Gasteiger partial charge in [0.2, 0.25) is 5.91 Å². The molecule has 1 heterocycles. The normalized spacial score (nSPS) is 19.9. The van der Waals surface area contributed by atoms with Gasteiger partial charge in [0.05, 0.1) is 11.1 Å². The molecule has 1 unspecified atom stereocenters. The molecule has 0 saturated carbocycles. The number of benzene rings is 1. The van der Waals surface area contributed by atoms with Crippen LogP contribution in [-0.2, 0) is 4.79 Å². The van der Waals surface area contributed by atoms with E-state index in [9.17, 15) is 9.18 Å². The molecule has 2 atom stereocenters. The minimum Gasteiger partial charge on any atom is -0.369 e. The molecule has 1 fully saturated rings. The van der Waals surface area contributed by atoms with Crippen LogP contribution in [0, 0.1) is 11.7 Å². The molecule has 1 aliphatic heterocycles. The van der Waals surface area contributed by atoms with Crippen molar-refractivity contribution in [2.24, 2.45) is 11.7 Å². The second kappa shape index (κ2) is 6.62. The highest BCUT2D eigenvalue weighted by molar-refractivity contribution is 6.31. The van der Waals surface area contributed by atoms with Crippen LogP contribution in [0.15, 0.2) is 18.2 Å². The Bertz CT molecular complexity index is 524. The third-order valence-corrected chi connectivity index (χ3v) is 4.11. The number of anilines is 1. The minimum absolute atomic E-state index is 0.0612. The zero-order valence-corrected chi connectivity index (χ0v) is 13.0. The Hall–Kier alpha value is -1.33. The van der Waals surface area contributed by atoms with E-state index < -0.39 is 11.9 Å². The Morgan fingerprint density at radius 3 is 2.86 bits per heavy atom. The van der Waals surface area contributed by atoms with Crippen molar-refractivity contribution in [2.45, 2.75) is 32.4 Å². The molecule has 0 bridgehead atoms. The summed E-state index contributed by atoms with van der Waals surface area (Å²) in [5, 5.41) is 3.09. The zero-order chi connectivity index (χ0) is 15.6. The highest BCUT2D eigenvalue weighted by Gasteiger charge is 2.27. The summed E-state index contributed by atoms with van der Waals surface area (Å²) in [5.74, 6) is -0.431. The molecule has 0 radical (unpaired) electrons. The van der Waals surface area contributed by atoms with Gasteiger partial charge in [-0.05, 0) is 30.5 Å². The lowest BCUT2D eigenvalue weighted by molar-refractivity contribution is -0.123. The van der Waals surface area contributed by atoms with E-state index in [-0.39, 0.29) is 22.9 Å². The molecule has 1 saturated heterocycles. The lowest BCUT2D eigenvalue weighted by Gasteiger charge is -2.21. The maximum atomic E-state index is 13.2. The summed E-state index contributed by atoms with van der Waals surface area (Å²) < 4.78 is 13.2. The van der Waals surface area contributed by atoms with E-state index in [1.165, 1.54) is 6.07 Å². The largest absolute Gasteiger partial charge is 0.369 e. The number of hydrogen-bond acceptors (Lipinski definition) is 3. The fourth-order valence-corrected chi connectivity index (χ4v) is 2.57. The SMILES string of the molecule is CC(C)[C@H](N)C(=O)NC1CCN(c2ccc(F)c(Cl)c2)C1. The van der Waals surface area contributed by atoms with Crippen molar-refractivity contribution in [1.29, 1.82) is 0 Å². The van der Waals surface area contributed by atoms with Crippen molar-refractivity contribution in [3.63, 3.8) is 0 Å². The highest BCUT2D eigenvalue weighted by Crippen LogP contribution is 2.25. The maximum Gasteiger partial charge on any atom is 0.237 e. The quantitative estimate of drug-likeness (QED) is 0.895. The molecular weight excluding hydrogens is 293 g/mol. The lowest BCUT2D eigenvalue weighted by Crippen LogP contribution is -2.48. The third-order valence-electron chi connectivity index (χ3n) is 3.82. The van der Waals surface area contributed by atoms with Crippen LogP contribution < -0.4 is 16.0 Å². The molecule has 116 valence electrons. The predicted octanol–water partition coefficient (Wildman–Crippen LogP) is 2.16. The van der Waals surface area contributed by atoms with Crippen molar-refractivity contribution < 1.29 is 9.18 Å². The molecule has 6 heteroatoms. The summed E-state index contributed by atoms with van der Waals surface area (Å²) >= 11 is 5.80. The maximum absolute atomic E-state index is 13.2. The fraction of sp³-hybridized carbons (Fsp3) is 0.533. The average molecular weight is 314 g/mol. The summed E-state index contributed by atoms with van der Waals surface area (Å²) in [7, 11) is 0. The second-order valence-corrected chi connectivity index (χ2v) is 6.22. The molecule has 3 N–H and O–H groups in total. The van der Waals surface area contributed by atoms with Crippen LogP contribution in [0.4, 0.5) is 10.1 Å². The highest BCUT2D eigenvalue weighted by atomic mass is 35.5. The fourth-order valence-electron chi connectivity index (χ4n) is 2.39. The standard InChI is InChI=1S/C15H21ClFN3O/c1-9(2)14(18)15(21)19-10-5-6-20(8-10)11-3-4-13(17)12(16)7-11/h3-4,7,9-10,14H,5-6,8,18H2,1-2H3,(H,19,21)/t10?,14-/m0/s1. The first-order valence-corrected chi connectivity index (χ1v) is 7.52. The summed E-state index contributed by atoms with van der Waals surface area (Å²) in [6, 6.07) is 4.25. The van der Waals surface area contributed by atoms with Crippen LogP contribution in [0.1, 0.15) is 20.3 Å². The number of nitrogens with zero attached hydrogens (tertiary/aromatic N) is 1. The van der Waals surface area contributed by atoms with Gasteiger partial charge < -0.3 is 16.0 Å². The topological polar surface area (TPSA) is 58.4 Å². The first kappa shape index (κ1) is 16.0. The van der Waals surface area contributed by atoms with Gasteiger partial charge in [-0.25, -0.2) is 4.39 Å². The molecule has 2 rings (SSSR count). The van der Waals surface area contributed by atoms with E-state index in [0.29, 0.717) is 6.54 Å². The Labute approximate surface area is 129 Å². The Morgan fingerprint density at radius 2 is 2.24 bits per heavy atom. The summed E-state index contributed by atoms with van der Waals surface area (Å²) in [4.78, 5) is 14.0. The Balaban J connectivity index is 1.94. The zero-order valence-electron chi connectivity index (χ0n) is 12.3. The van der Waals surface area contributed by atoms with E-state index in [0.717, 1.165) is 18.7 Å². The second-order valence-electron chi connectivity index (χ2n) is 5.81. The molecule has 1 aromatic carbocycles. The number of nitrogens with two attached hydrogens (primary N) is 1. The third kappa shape index (κ3) is 3.86. The van der Waals surface area contributed by atoms with Crippen LogP contribution in [0.3, 0.4) is 0 Å². The van der Waals surface area contributed by atoms with Crippen LogP contribution in [0.25, 0.3) is 0 Å². The van der Waals surface area contributed by atoms with Crippen LogP contribution >= 0.6 is 11.6 Å². The van der Waals surface area contributed by atoms with Gasteiger partial charge in [0.15, 0.2) is 0 Å². The molecule has 1 aliphatic rings. The van der Waals surface area contributed by atoms with Crippen molar-refractivity contribution >= 4 is 23.2 Å². The van der Waals surface area contributed by atoms with Crippen molar-refractivity contribution in [1.82, 2.24) is 5.32 Å². The van der Waals surface area contributed by atoms with Crippen molar-refractivity contribution in [3.8, 4) is 0 Å². The van der Waals surface area contributed by atoms with Gasteiger partial charge in [0, 0.05) is 24.8 Å². The smallest absolute Gasteiger partial charge is 0.237 e. The Morgan fingerprint density at radius 1 is 1.52 bits per heavy atom. The van der Waals surface area contributed by atoms with E-state index in [2.05, 4.69) is 10.2 Å². The summed E-state index contributed by atoms with van der Waals surface area (Å²) in [5.41, 5.74) is 6.70. The molecule has 21 heavy (non-hydrogen) atoms. The molecule has 0 aromatic heterocycles. The van der Waals surface area contributed by atoms with Crippen LogP contribution in [0.5, 0.6) is 0 Å².